The van der Waals surface area contributed by atoms with Gasteiger partial charge in [-0.05, 0) is 41.3 Å². The SMILES string of the molecule is CCc1c(C(=O)O)cccc1-c1ccc(OC)cc1. The summed E-state index contributed by atoms with van der Waals surface area (Å²) in [5, 5.41) is 9.23. The molecule has 2 rings (SSSR count). The normalized spacial score (nSPS) is 10.2. The van der Waals surface area contributed by atoms with Crippen LogP contribution in [-0.4, -0.2) is 18.2 Å². The van der Waals surface area contributed by atoms with Crippen LogP contribution in [0.1, 0.15) is 22.8 Å². The van der Waals surface area contributed by atoms with Crippen LogP contribution >= 0.6 is 0 Å². The van der Waals surface area contributed by atoms with Crippen molar-refractivity contribution in [1.82, 2.24) is 0 Å². The zero-order valence-corrected chi connectivity index (χ0v) is 11.0. The molecule has 98 valence electrons. The van der Waals surface area contributed by atoms with Crippen molar-refractivity contribution in [3.63, 3.8) is 0 Å². The highest BCUT2D eigenvalue weighted by Crippen LogP contribution is 2.28. The minimum atomic E-state index is -0.882. The Kier molecular flexibility index (Phi) is 3.85. The molecule has 0 spiro atoms. The second kappa shape index (κ2) is 5.57. The van der Waals surface area contributed by atoms with E-state index in [0.29, 0.717) is 12.0 Å². The number of carboxylic acids is 1. The van der Waals surface area contributed by atoms with Crippen LogP contribution in [0.4, 0.5) is 0 Å². The number of hydrogen-bond acceptors (Lipinski definition) is 2. The van der Waals surface area contributed by atoms with Crippen LogP contribution in [0.5, 0.6) is 5.75 Å². The Morgan fingerprint density at radius 2 is 1.84 bits per heavy atom. The quantitative estimate of drug-likeness (QED) is 0.908. The predicted octanol–water partition coefficient (Wildman–Crippen LogP) is 3.62. The molecular weight excluding hydrogens is 240 g/mol. The summed E-state index contributed by atoms with van der Waals surface area (Å²) in [7, 11) is 1.62. The molecule has 0 aromatic heterocycles. The topological polar surface area (TPSA) is 46.5 Å². The fourth-order valence-electron chi connectivity index (χ4n) is 2.21. The Labute approximate surface area is 112 Å². The van der Waals surface area contributed by atoms with E-state index in [9.17, 15) is 9.90 Å². The van der Waals surface area contributed by atoms with Gasteiger partial charge in [0.05, 0.1) is 12.7 Å². The van der Waals surface area contributed by atoms with Crippen molar-refractivity contribution in [2.24, 2.45) is 0 Å². The van der Waals surface area contributed by atoms with Crippen molar-refractivity contribution in [3.05, 3.63) is 53.6 Å². The first kappa shape index (κ1) is 13.1. The summed E-state index contributed by atoms with van der Waals surface area (Å²) in [6.45, 7) is 1.97. The first-order valence-corrected chi connectivity index (χ1v) is 6.17. The lowest BCUT2D eigenvalue weighted by atomic mass is 9.94. The largest absolute Gasteiger partial charge is 0.497 e. The molecule has 3 nitrogen and oxygen atoms in total. The second-order valence-electron chi connectivity index (χ2n) is 4.22. The molecule has 3 heteroatoms. The van der Waals surface area contributed by atoms with E-state index in [2.05, 4.69) is 0 Å². The number of methoxy groups -OCH3 is 1. The van der Waals surface area contributed by atoms with Gasteiger partial charge in [0, 0.05) is 0 Å². The standard InChI is InChI=1S/C16H16O3/c1-3-13-14(5-4-6-15(13)16(17)18)11-7-9-12(19-2)10-8-11/h4-10H,3H2,1-2H3,(H,17,18). The summed E-state index contributed by atoms with van der Waals surface area (Å²) in [4.78, 5) is 11.2. The van der Waals surface area contributed by atoms with Crippen LogP contribution < -0.4 is 4.74 Å². The molecule has 1 N–H and O–H groups in total. The predicted molar refractivity (Wildman–Crippen MR) is 74.8 cm³/mol. The minimum Gasteiger partial charge on any atom is -0.497 e. The smallest absolute Gasteiger partial charge is 0.335 e. The summed E-state index contributed by atoms with van der Waals surface area (Å²) in [5.74, 6) is -0.0941. The molecule has 0 bridgehead atoms. The van der Waals surface area contributed by atoms with E-state index < -0.39 is 5.97 Å². The number of hydrogen-bond donors (Lipinski definition) is 1. The zero-order chi connectivity index (χ0) is 13.8. The molecule has 0 saturated heterocycles. The molecular formula is C16H16O3. The molecule has 0 saturated carbocycles. The van der Waals surface area contributed by atoms with Gasteiger partial charge in [-0.25, -0.2) is 4.79 Å². The molecule has 0 heterocycles. The van der Waals surface area contributed by atoms with E-state index in [1.165, 1.54) is 0 Å². The van der Waals surface area contributed by atoms with E-state index in [1.54, 1.807) is 19.2 Å². The highest BCUT2D eigenvalue weighted by molar-refractivity contribution is 5.92. The van der Waals surface area contributed by atoms with Crippen molar-refractivity contribution < 1.29 is 14.6 Å². The first-order chi connectivity index (χ1) is 9.17. The van der Waals surface area contributed by atoms with Gasteiger partial charge < -0.3 is 9.84 Å². The van der Waals surface area contributed by atoms with Gasteiger partial charge in [0.25, 0.3) is 0 Å². The number of aromatic carboxylic acids is 1. The third kappa shape index (κ3) is 2.60. The molecule has 0 aliphatic carbocycles. The Morgan fingerprint density at radius 1 is 1.16 bits per heavy atom. The Balaban J connectivity index is 2.54. The molecule has 19 heavy (non-hydrogen) atoms. The maximum atomic E-state index is 11.2. The van der Waals surface area contributed by atoms with Gasteiger partial charge in [-0.3, -0.25) is 0 Å². The van der Waals surface area contributed by atoms with E-state index in [0.717, 1.165) is 22.4 Å². The number of rotatable bonds is 4. The van der Waals surface area contributed by atoms with Crippen LogP contribution in [-0.2, 0) is 6.42 Å². The third-order valence-electron chi connectivity index (χ3n) is 3.16. The molecule has 0 aliphatic heterocycles. The van der Waals surface area contributed by atoms with Crippen LogP contribution in [0.3, 0.4) is 0 Å². The third-order valence-corrected chi connectivity index (χ3v) is 3.16. The molecule has 2 aromatic carbocycles. The summed E-state index contributed by atoms with van der Waals surface area (Å²) >= 11 is 0. The first-order valence-electron chi connectivity index (χ1n) is 6.17. The van der Waals surface area contributed by atoms with Crippen LogP contribution in [0.25, 0.3) is 11.1 Å². The van der Waals surface area contributed by atoms with Gasteiger partial charge in [-0.15, -0.1) is 0 Å². The lowest BCUT2D eigenvalue weighted by Gasteiger charge is -2.11. The van der Waals surface area contributed by atoms with Crippen molar-refractivity contribution >= 4 is 5.97 Å². The second-order valence-corrected chi connectivity index (χ2v) is 4.22. The van der Waals surface area contributed by atoms with Gasteiger partial charge >= 0.3 is 5.97 Å². The van der Waals surface area contributed by atoms with Crippen molar-refractivity contribution in [3.8, 4) is 16.9 Å². The van der Waals surface area contributed by atoms with E-state index in [-0.39, 0.29) is 0 Å². The number of benzene rings is 2. The van der Waals surface area contributed by atoms with Crippen molar-refractivity contribution in [1.29, 1.82) is 0 Å². The molecule has 0 unspecified atom stereocenters. The molecule has 0 amide bonds. The van der Waals surface area contributed by atoms with E-state index in [1.807, 2.05) is 37.3 Å². The summed E-state index contributed by atoms with van der Waals surface area (Å²) < 4.78 is 5.13. The molecule has 0 atom stereocenters. The average Bonchev–Trinajstić information content (AvgIpc) is 2.46. The molecule has 0 aliphatic rings. The van der Waals surface area contributed by atoms with Gasteiger partial charge in [-0.2, -0.15) is 0 Å². The van der Waals surface area contributed by atoms with Crippen LogP contribution in [0.15, 0.2) is 42.5 Å². The zero-order valence-electron chi connectivity index (χ0n) is 11.0. The van der Waals surface area contributed by atoms with Crippen molar-refractivity contribution in [2.75, 3.05) is 7.11 Å². The molecule has 2 aromatic rings. The number of ether oxygens (including phenoxy) is 1. The lowest BCUT2D eigenvalue weighted by molar-refractivity contribution is 0.0696. The monoisotopic (exact) mass is 256 g/mol. The maximum absolute atomic E-state index is 11.2. The Hall–Kier alpha value is -2.29. The average molecular weight is 256 g/mol. The highest BCUT2D eigenvalue weighted by atomic mass is 16.5. The Morgan fingerprint density at radius 3 is 2.37 bits per heavy atom. The lowest BCUT2D eigenvalue weighted by Crippen LogP contribution is -2.03. The molecule has 0 radical (unpaired) electrons. The van der Waals surface area contributed by atoms with Crippen molar-refractivity contribution in [2.45, 2.75) is 13.3 Å². The highest BCUT2D eigenvalue weighted by Gasteiger charge is 2.13. The van der Waals surface area contributed by atoms with E-state index in [4.69, 9.17) is 4.74 Å². The Bertz CT molecular complexity index is 585. The maximum Gasteiger partial charge on any atom is 0.335 e. The fourth-order valence-corrected chi connectivity index (χ4v) is 2.21. The van der Waals surface area contributed by atoms with Gasteiger partial charge in [0.15, 0.2) is 0 Å². The van der Waals surface area contributed by atoms with Gasteiger partial charge in [-0.1, -0.05) is 31.2 Å². The summed E-state index contributed by atoms with van der Waals surface area (Å²) in [5.41, 5.74) is 3.20. The van der Waals surface area contributed by atoms with Gasteiger partial charge in [0.2, 0.25) is 0 Å². The summed E-state index contributed by atoms with van der Waals surface area (Å²) in [6.07, 6.45) is 0.684. The summed E-state index contributed by atoms with van der Waals surface area (Å²) in [6, 6.07) is 13.0. The molecule has 0 fully saturated rings. The van der Waals surface area contributed by atoms with Gasteiger partial charge in [0.1, 0.15) is 5.75 Å². The number of carboxylic acid groups (broad SMARTS) is 1. The minimum absolute atomic E-state index is 0.371. The van der Waals surface area contributed by atoms with Crippen LogP contribution in [0, 0.1) is 0 Å². The number of carbonyl (C=O) groups is 1. The van der Waals surface area contributed by atoms with E-state index >= 15 is 0 Å². The van der Waals surface area contributed by atoms with Crippen LogP contribution in [0.2, 0.25) is 0 Å². The fraction of sp³-hybridized carbons (Fsp3) is 0.188.